The number of imidazole rings is 1. The van der Waals surface area contributed by atoms with E-state index in [2.05, 4.69) is 24.4 Å². The molecular weight excluding hydrogens is 511 g/mol. The second-order valence-electron chi connectivity index (χ2n) is 7.78. The van der Waals surface area contributed by atoms with Crippen molar-refractivity contribution in [1.29, 1.82) is 0 Å². The Hall–Kier alpha value is -3.40. The van der Waals surface area contributed by atoms with E-state index in [1.807, 2.05) is 0 Å². The zero-order valence-corrected chi connectivity index (χ0v) is 20.4. The van der Waals surface area contributed by atoms with Crippen molar-refractivity contribution in [3.8, 4) is 11.4 Å². The lowest BCUT2D eigenvalue weighted by Gasteiger charge is -2.05. The summed E-state index contributed by atoms with van der Waals surface area (Å²) >= 11 is 0. The van der Waals surface area contributed by atoms with Crippen molar-refractivity contribution in [2.24, 2.45) is 11.4 Å². The average Bonchev–Trinajstić information content (AvgIpc) is 3.29. The number of nitrogens with zero attached hydrogens (tertiary/aromatic N) is 7. The number of rotatable bonds is 4. The topological polar surface area (TPSA) is 142 Å². The molecule has 0 aliphatic heterocycles. The zero-order chi connectivity index (χ0) is 25.9. The number of sulfone groups is 1. The van der Waals surface area contributed by atoms with Crippen LogP contribution in [0.2, 0.25) is 0 Å². The Morgan fingerprint density at radius 1 is 1.17 bits per heavy atom. The molecule has 186 valence electrons. The van der Waals surface area contributed by atoms with Gasteiger partial charge in [-0.3, -0.25) is 4.79 Å². The number of alkyl halides is 3. The fraction of sp³-hybridized carbons (Fsp3) is 0.316. The third kappa shape index (κ3) is 4.38. The third-order valence-corrected chi connectivity index (χ3v) is 7.20. The number of hydrogen-bond donors (Lipinski definition) is 0. The van der Waals surface area contributed by atoms with Crippen LogP contribution in [0.5, 0.6) is 0 Å². The molecule has 0 unspecified atom stereocenters. The minimum absolute atomic E-state index is 0.0491. The number of fused-ring (bicyclic) bond motifs is 2. The van der Waals surface area contributed by atoms with Gasteiger partial charge in [-0.1, -0.05) is 6.92 Å². The summed E-state index contributed by atoms with van der Waals surface area (Å²) < 4.78 is 83.3. The Morgan fingerprint density at radius 3 is 2.46 bits per heavy atom. The van der Waals surface area contributed by atoms with Gasteiger partial charge in [0.2, 0.25) is 0 Å². The second kappa shape index (κ2) is 8.08. The van der Waals surface area contributed by atoms with Crippen LogP contribution >= 0.6 is 0 Å². The first-order valence-corrected chi connectivity index (χ1v) is 13.8. The summed E-state index contributed by atoms with van der Waals surface area (Å²) in [6.45, 7) is 1.38. The van der Waals surface area contributed by atoms with Crippen molar-refractivity contribution in [3.63, 3.8) is 0 Å². The molecule has 0 aliphatic rings. The predicted octanol–water partition coefficient (Wildman–Crippen LogP) is 2.36. The number of halogens is 3. The normalized spacial score (nSPS) is 13.0. The van der Waals surface area contributed by atoms with E-state index in [1.165, 1.54) is 43.3 Å². The van der Waals surface area contributed by atoms with Gasteiger partial charge in [-0.15, -0.1) is 0 Å². The van der Waals surface area contributed by atoms with Crippen molar-refractivity contribution < 1.29 is 30.6 Å². The number of hydrogen-bond acceptors (Lipinski definition) is 8. The van der Waals surface area contributed by atoms with E-state index in [-0.39, 0.29) is 39.5 Å². The Labute approximate surface area is 197 Å². The molecule has 4 heterocycles. The lowest BCUT2D eigenvalue weighted by Crippen LogP contribution is -2.10. The van der Waals surface area contributed by atoms with E-state index >= 15 is 0 Å². The molecule has 0 fully saturated rings. The summed E-state index contributed by atoms with van der Waals surface area (Å²) in [5.41, 5.74) is -1.45. The van der Waals surface area contributed by atoms with E-state index in [4.69, 9.17) is 0 Å². The molecular formula is C19H18F3N7O4S2. The molecule has 1 amide bonds. The Kier molecular flexibility index (Phi) is 5.71. The summed E-state index contributed by atoms with van der Waals surface area (Å²) in [5.74, 6) is -1.32. The van der Waals surface area contributed by atoms with Gasteiger partial charge in [0, 0.05) is 35.5 Å². The van der Waals surface area contributed by atoms with Gasteiger partial charge in [0.25, 0.3) is 0 Å². The van der Waals surface area contributed by atoms with Crippen LogP contribution in [0.3, 0.4) is 0 Å². The number of amides is 1. The van der Waals surface area contributed by atoms with Crippen LogP contribution in [0.4, 0.5) is 13.2 Å². The van der Waals surface area contributed by atoms with Crippen molar-refractivity contribution in [2.45, 2.75) is 18.1 Å². The molecule has 0 bridgehead atoms. The summed E-state index contributed by atoms with van der Waals surface area (Å²) in [6, 6.07) is 1.98. The van der Waals surface area contributed by atoms with Crippen LogP contribution in [0.1, 0.15) is 23.1 Å². The molecule has 16 heteroatoms. The van der Waals surface area contributed by atoms with Gasteiger partial charge in [-0.2, -0.15) is 22.6 Å². The maximum atomic E-state index is 13.1. The van der Waals surface area contributed by atoms with Crippen molar-refractivity contribution >= 4 is 42.2 Å². The molecule has 0 spiro atoms. The molecule has 0 saturated heterocycles. The molecule has 35 heavy (non-hydrogen) atoms. The average molecular weight is 530 g/mol. The first kappa shape index (κ1) is 24.7. The monoisotopic (exact) mass is 529 g/mol. The highest BCUT2D eigenvalue weighted by Gasteiger charge is 2.34. The fourth-order valence-corrected chi connectivity index (χ4v) is 4.82. The van der Waals surface area contributed by atoms with E-state index in [0.717, 1.165) is 16.8 Å². The van der Waals surface area contributed by atoms with Crippen molar-refractivity contribution in [1.82, 2.24) is 29.1 Å². The molecule has 0 atom stereocenters. The van der Waals surface area contributed by atoms with Crippen molar-refractivity contribution in [2.75, 3.05) is 18.3 Å². The van der Waals surface area contributed by atoms with Gasteiger partial charge in [-0.05, 0) is 12.1 Å². The third-order valence-electron chi connectivity index (χ3n) is 4.96. The van der Waals surface area contributed by atoms with E-state index in [1.54, 1.807) is 0 Å². The fourth-order valence-electron chi connectivity index (χ4n) is 3.35. The molecule has 0 radical (unpaired) electrons. The number of pyridine rings is 1. The number of aromatic nitrogens is 6. The molecule has 11 nitrogen and oxygen atoms in total. The Morgan fingerprint density at radius 2 is 1.86 bits per heavy atom. The first-order valence-electron chi connectivity index (χ1n) is 9.86. The highest BCUT2D eigenvalue weighted by molar-refractivity contribution is 7.92. The maximum Gasteiger partial charge on any atom is 0.433 e. The minimum atomic E-state index is -4.70. The minimum Gasteiger partial charge on any atom is -0.326 e. The van der Waals surface area contributed by atoms with E-state index in [9.17, 15) is 30.6 Å². The van der Waals surface area contributed by atoms with Gasteiger partial charge in [0.1, 0.15) is 22.8 Å². The zero-order valence-electron chi connectivity index (χ0n) is 18.7. The summed E-state index contributed by atoms with van der Waals surface area (Å²) in [6.07, 6.45) is 0.00496. The SMILES string of the molecule is CCS(=O)(=O)c1nn2c(C(=O)N=S(C)(C)=O)ccnc2c1-c1nc2cc(C(F)(F)F)ncc2n1C. The Balaban J connectivity index is 2.09. The van der Waals surface area contributed by atoms with Gasteiger partial charge >= 0.3 is 12.1 Å². The highest BCUT2D eigenvalue weighted by Crippen LogP contribution is 2.34. The second-order valence-corrected chi connectivity index (χ2v) is 12.5. The van der Waals surface area contributed by atoms with Gasteiger partial charge < -0.3 is 4.57 Å². The van der Waals surface area contributed by atoms with Crippen LogP contribution in [0.25, 0.3) is 28.1 Å². The maximum absolute atomic E-state index is 13.1. The largest absolute Gasteiger partial charge is 0.433 e. The van der Waals surface area contributed by atoms with Gasteiger partial charge in [0.05, 0.1) is 23.0 Å². The van der Waals surface area contributed by atoms with Crippen molar-refractivity contribution in [3.05, 3.63) is 35.9 Å². The summed E-state index contributed by atoms with van der Waals surface area (Å²) in [7, 11) is -5.39. The molecule has 0 saturated carbocycles. The van der Waals surface area contributed by atoms with Crippen LogP contribution in [0, 0.1) is 0 Å². The lowest BCUT2D eigenvalue weighted by atomic mass is 10.3. The van der Waals surface area contributed by atoms with Gasteiger partial charge in [-0.25, -0.2) is 32.1 Å². The van der Waals surface area contributed by atoms with Crippen LogP contribution < -0.4 is 0 Å². The molecule has 4 aromatic rings. The summed E-state index contributed by atoms with van der Waals surface area (Å²) in [5, 5.41) is 3.63. The predicted molar refractivity (Wildman–Crippen MR) is 120 cm³/mol. The highest BCUT2D eigenvalue weighted by atomic mass is 32.2. The first-order chi connectivity index (χ1) is 16.1. The number of carbonyl (C=O) groups excluding carboxylic acids is 1. The van der Waals surface area contributed by atoms with Crippen LogP contribution in [-0.4, -0.2) is 65.9 Å². The molecule has 4 aromatic heterocycles. The number of carbonyl (C=O) groups is 1. The standard InChI is InChI=1S/C19H18F3N7O4S2/c1-5-35(32,33)18-14(15-23-7-6-11(29(15)26-18)17(30)27-34(3,4)31)16-25-10-8-13(19(20,21)22)24-9-12(10)28(16)2/h6-9H,5H2,1-4H3. The molecule has 4 rings (SSSR count). The lowest BCUT2D eigenvalue weighted by molar-refractivity contribution is -0.141. The van der Waals surface area contributed by atoms with E-state index in [0.29, 0.717) is 0 Å². The molecule has 0 aliphatic carbocycles. The Bertz CT molecular complexity index is 1740. The van der Waals surface area contributed by atoms with Crippen LogP contribution in [-0.2, 0) is 32.8 Å². The molecule has 0 aromatic carbocycles. The molecule has 0 N–H and O–H groups in total. The summed E-state index contributed by atoms with van der Waals surface area (Å²) in [4.78, 5) is 24.5. The van der Waals surface area contributed by atoms with Crippen LogP contribution in [0.15, 0.2) is 33.9 Å². The smallest absolute Gasteiger partial charge is 0.326 e. The quantitative estimate of drug-likeness (QED) is 0.392. The van der Waals surface area contributed by atoms with E-state index < -0.39 is 42.4 Å². The number of aryl methyl sites for hydroxylation is 1. The van der Waals surface area contributed by atoms with Gasteiger partial charge in [0.15, 0.2) is 20.5 Å².